The first-order valence-electron chi connectivity index (χ1n) is 11.1. The molecular weight excluding hydrogens is 461 g/mol. The van der Waals surface area contributed by atoms with Crippen LogP contribution >= 0.6 is 0 Å². The summed E-state index contributed by atoms with van der Waals surface area (Å²) in [5.74, 6) is -0.795. The van der Waals surface area contributed by atoms with E-state index in [1.165, 1.54) is 34.3 Å². The Balaban J connectivity index is 1.26. The summed E-state index contributed by atoms with van der Waals surface area (Å²) in [4.78, 5) is 23.0. The van der Waals surface area contributed by atoms with Gasteiger partial charge in [-0.05, 0) is 38.5 Å². The number of halogens is 3. The number of imidazole rings is 1. The number of rotatable bonds is 4. The summed E-state index contributed by atoms with van der Waals surface area (Å²) in [6.07, 6.45) is 2.56. The smallest absolute Gasteiger partial charge is 0.341 e. The van der Waals surface area contributed by atoms with Gasteiger partial charge in [-0.3, -0.25) is 4.57 Å². The second-order valence-corrected chi connectivity index (χ2v) is 8.66. The number of ether oxygens (including phenoxy) is 1. The summed E-state index contributed by atoms with van der Waals surface area (Å²) >= 11 is 0. The zero-order chi connectivity index (χ0) is 24.9. The summed E-state index contributed by atoms with van der Waals surface area (Å²) < 4.78 is 49.4. The van der Waals surface area contributed by atoms with Crippen LogP contribution < -0.4 is 4.74 Å². The fourth-order valence-corrected chi connectivity index (χ4v) is 4.37. The third-order valence-electron chi connectivity index (χ3n) is 6.25. The summed E-state index contributed by atoms with van der Waals surface area (Å²) in [7, 11) is 0. The van der Waals surface area contributed by atoms with Gasteiger partial charge in [0.2, 0.25) is 0 Å². The number of likely N-dealkylation sites (tertiary alicyclic amines) is 1. The number of aryl methyl sites for hydroxylation is 2. The Morgan fingerprint density at radius 2 is 1.77 bits per heavy atom. The number of hydrazone groups is 1. The van der Waals surface area contributed by atoms with Gasteiger partial charge in [-0.1, -0.05) is 0 Å². The van der Waals surface area contributed by atoms with Crippen molar-refractivity contribution in [3.63, 3.8) is 0 Å². The molecule has 3 aromatic rings. The molecule has 1 aromatic carbocycles. The molecule has 0 unspecified atom stereocenters. The molecule has 0 radical (unpaired) electrons. The predicted molar refractivity (Wildman–Crippen MR) is 121 cm³/mol. The van der Waals surface area contributed by atoms with E-state index in [0.29, 0.717) is 17.8 Å². The van der Waals surface area contributed by atoms with Crippen LogP contribution in [0.15, 0.2) is 35.6 Å². The molecule has 182 valence electrons. The molecular formula is C24H23F3N6O2. The van der Waals surface area contributed by atoms with E-state index in [2.05, 4.69) is 15.1 Å². The lowest BCUT2D eigenvalue weighted by molar-refractivity contribution is 0.0256. The molecule has 2 aliphatic heterocycles. The van der Waals surface area contributed by atoms with Crippen LogP contribution in [0, 0.1) is 38.2 Å². The first-order valence-corrected chi connectivity index (χ1v) is 11.1. The van der Waals surface area contributed by atoms with Gasteiger partial charge in [0.15, 0.2) is 11.6 Å². The maximum atomic E-state index is 14.4. The normalized spacial score (nSPS) is 17.7. The molecule has 4 heterocycles. The van der Waals surface area contributed by atoms with Crippen molar-refractivity contribution >= 4 is 12.2 Å². The van der Waals surface area contributed by atoms with Crippen molar-refractivity contribution in [3.05, 3.63) is 70.7 Å². The van der Waals surface area contributed by atoms with Crippen molar-refractivity contribution in [3.8, 4) is 11.6 Å². The van der Waals surface area contributed by atoms with Crippen molar-refractivity contribution in [1.82, 2.24) is 24.4 Å². The van der Waals surface area contributed by atoms with E-state index in [-0.39, 0.29) is 18.8 Å². The van der Waals surface area contributed by atoms with Crippen LogP contribution in [-0.2, 0) is 0 Å². The summed E-state index contributed by atoms with van der Waals surface area (Å²) in [6, 6.07) is 3.67. The molecule has 11 heteroatoms. The maximum absolute atomic E-state index is 14.4. The molecule has 2 amide bonds. The van der Waals surface area contributed by atoms with Crippen LogP contribution in [0.4, 0.5) is 18.0 Å². The Labute approximate surface area is 199 Å². The summed E-state index contributed by atoms with van der Waals surface area (Å²) in [5.41, 5.74) is 2.08. The molecule has 2 aromatic heterocycles. The number of aromatic nitrogens is 3. The van der Waals surface area contributed by atoms with Gasteiger partial charge in [0.05, 0.1) is 31.0 Å². The molecule has 5 rings (SSSR count). The fourth-order valence-electron chi connectivity index (χ4n) is 4.37. The lowest BCUT2D eigenvalue weighted by Crippen LogP contribution is -2.58. The van der Waals surface area contributed by atoms with E-state index < -0.39 is 35.6 Å². The van der Waals surface area contributed by atoms with E-state index in [9.17, 15) is 18.0 Å². The van der Waals surface area contributed by atoms with Crippen molar-refractivity contribution in [2.45, 2.75) is 39.3 Å². The number of hydrogen-bond donors (Lipinski definition) is 0. The van der Waals surface area contributed by atoms with Gasteiger partial charge < -0.3 is 9.64 Å². The Morgan fingerprint density at radius 1 is 1.06 bits per heavy atom. The van der Waals surface area contributed by atoms with Gasteiger partial charge in [-0.25, -0.2) is 32.9 Å². The molecule has 0 bridgehead atoms. The number of nitrogens with zero attached hydrogens (tertiary/aromatic N) is 6. The van der Waals surface area contributed by atoms with Gasteiger partial charge in [-0.2, -0.15) is 5.10 Å². The molecule has 1 atom stereocenters. The first-order chi connectivity index (χ1) is 16.7. The average Bonchev–Trinajstić information content (AvgIpc) is 3.35. The largest absolute Gasteiger partial charge is 0.483 e. The standard InChI is InChI=1S/C24H23F3N6O2/c1-13-14(2)32(15(3)30-13)23-9-22(20(27)10-28-23)35-19-11-31(12-19)24(34)33-21(4-5-29-33)16-6-17(25)8-18(26)7-16/h5-10,19,21H,4,11-12H2,1-3H3/t21-/m0/s1. The van der Waals surface area contributed by atoms with Gasteiger partial charge in [-0.15, -0.1) is 0 Å². The van der Waals surface area contributed by atoms with Gasteiger partial charge in [0.1, 0.15) is 29.4 Å². The van der Waals surface area contributed by atoms with Gasteiger partial charge >= 0.3 is 6.03 Å². The van der Waals surface area contributed by atoms with E-state index in [4.69, 9.17) is 4.74 Å². The van der Waals surface area contributed by atoms with Crippen LogP contribution in [0.1, 0.15) is 35.2 Å². The highest BCUT2D eigenvalue weighted by Gasteiger charge is 2.39. The van der Waals surface area contributed by atoms with Crippen molar-refractivity contribution in [1.29, 1.82) is 0 Å². The van der Waals surface area contributed by atoms with E-state index in [1.54, 1.807) is 0 Å². The van der Waals surface area contributed by atoms with E-state index in [1.807, 2.05) is 25.3 Å². The molecule has 2 aliphatic rings. The molecule has 1 saturated heterocycles. The second-order valence-electron chi connectivity index (χ2n) is 8.66. The number of benzene rings is 1. The highest BCUT2D eigenvalue weighted by atomic mass is 19.1. The van der Waals surface area contributed by atoms with Crippen LogP contribution in [0.25, 0.3) is 5.82 Å². The Morgan fingerprint density at radius 3 is 2.43 bits per heavy atom. The van der Waals surface area contributed by atoms with Crippen molar-refractivity contribution in [2.75, 3.05) is 13.1 Å². The minimum Gasteiger partial charge on any atom is -0.483 e. The summed E-state index contributed by atoms with van der Waals surface area (Å²) in [5, 5.41) is 5.31. The van der Waals surface area contributed by atoms with Crippen LogP contribution in [0.3, 0.4) is 0 Å². The molecule has 0 saturated carbocycles. The van der Waals surface area contributed by atoms with Gasteiger partial charge in [0, 0.05) is 30.5 Å². The Kier molecular flexibility index (Phi) is 5.70. The van der Waals surface area contributed by atoms with Crippen molar-refractivity contribution < 1.29 is 22.7 Å². The fraction of sp³-hybridized carbons (Fsp3) is 0.333. The Bertz CT molecular complexity index is 1310. The summed E-state index contributed by atoms with van der Waals surface area (Å²) in [6.45, 7) is 6.07. The third kappa shape index (κ3) is 4.22. The molecule has 1 fully saturated rings. The maximum Gasteiger partial charge on any atom is 0.341 e. The van der Waals surface area contributed by atoms with E-state index in [0.717, 1.165) is 29.5 Å². The minimum atomic E-state index is -0.716. The molecule has 0 aliphatic carbocycles. The topological polar surface area (TPSA) is 75.8 Å². The molecule has 0 spiro atoms. The number of pyridine rings is 1. The van der Waals surface area contributed by atoms with E-state index >= 15 is 0 Å². The van der Waals surface area contributed by atoms with Crippen LogP contribution in [0.5, 0.6) is 5.75 Å². The number of hydrogen-bond acceptors (Lipinski definition) is 5. The molecule has 8 nitrogen and oxygen atoms in total. The zero-order valence-electron chi connectivity index (χ0n) is 19.4. The highest BCUT2D eigenvalue weighted by Crippen LogP contribution is 2.32. The Hall–Kier alpha value is -3.89. The van der Waals surface area contributed by atoms with Crippen molar-refractivity contribution in [2.24, 2.45) is 5.10 Å². The third-order valence-corrected chi connectivity index (χ3v) is 6.25. The second kappa shape index (κ2) is 8.71. The quantitative estimate of drug-likeness (QED) is 0.556. The highest BCUT2D eigenvalue weighted by molar-refractivity contribution is 5.79. The number of carbonyl (C=O) groups is 1. The lowest BCUT2D eigenvalue weighted by atomic mass is 10.0. The minimum absolute atomic E-state index is 0.0320. The predicted octanol–water partition coefficient (Wildman–Crippen LogP) is 4.23. The monoisotopic (exact) mass is 484 g/mol. The number of carbonyl (C=O) groups excluding carboxylic acids is 1. The molecule has 35 heavy (non-hydrogen) atoms. The van der Waals surface area contributed by atoms with Gasteiger partial charge in [0.25, 0.3) is 0 Å². The zero-order valence-corrected chi connectivity index (χ0v) is 19.4. The average molecular weight is 484 g/mol. The van der Waals surface area contributed by atoms with Crippen LogP contribution in [-0.4, -0.2) is 55.9 Å². The number of amides is 2. The number of urea groups is 1. The lowest BCUT2D eigenvalue weighted by Gasteiger charge is -2.41. The SMILES string of the molecule is Cc1nc(C)n(-c2cc(OC3CN(C(=O)N4N=CC[C@H]4c4cc(F)cc(F)c4)C3)c(F)cn2)c1C. The van der Waals surface area contributed by atoms with Crippen LogP contribution in [0.2, 0.25) is 0 Å². The molecule has 0 N–H and O–H groups in total. The first kappa shape index (κ1) is 22.9.